The van der Waals surface area contributed by atoms with Crippen LogP contribution in [0.25, 0.3) is 5.65 Å². The van der Waals surface area contributed by atoms with Crippen LogP contribution >= 0.6 is 32.9 Å². The monoisotopic (exact) mass is 332 g/mol. The lowest BCUT2D eigenvalue weighted by Gasteiger charge is -1.99. The second-order valence-electron chi connectivity index (χ2n) is 3.13. The molecular formula is C10H10Br2N2O. The summed E-state index contributed by atoms with van der Waals surface area (Å²) in [6.07, 6.45) is 3.52. The summed E-state index contributed by atoms with van der Waals surface area (Å²) in [5.41, 5.74) is 2.54. The zero-order valence-electron chi connectivity index (χ0n) is 8.11. The van der Waals surface area contributed by atoms with Crippen LogP contribution in [0, 0.1) is 6.92 Å². The molecule has 2 heterocycles. The van der Waals surface area contributed by atoms with E-state index in [-0.39, 0.29) is 22.8 Å². The fourth-order valence-corrected chi connectivity index (χ4v) is 1.65. The fraction of sp³-hybridized carbons (Fsp3) is 0.200. The number of carbonyl (C=O) groups is 1. The van der Waals surface area contributed by atoms with Gasteiger partial charge in [-0.05, 0) is 18.6 Å². The largest absolute Gasteiger partial charge is 0.297 e. The summed E-state index contributed by atoms with van der Waals surface area (Å²) in [7, 11) is 0. The molecule has 3 nitrogen and oxygen atoms in total. The molecule has 0 aromatic carbocycles. The standard InChI is InChI=1S/C10H9BrN2O.BrH/c1-7-2-3-10-12-5-8(9(14)4-11)13(10)6-7;/h2-3,5-6H,4H2,1H3;1H. The van der Waals surface area contributed by atoms with Crippen LogP contribution in [0.2, 0.25) is 0 Å². The molecule has 0 saturated carbocycles. The molecule has 0 spiro atoms. The van der Waals surface area contributed by atoms with Crippen LogP contribution in [-0.2, 0) is 0 Å². The van der Waals surface area contributed by atoms with Crippen molar-refractivity contribution in [2.24, 2.45) is 0 Å². The normalized spacial score (nSPS) is 10.0. The second-order valence-corrected chi connectivity index (χ2v) is 3.70. The van der Waals surface area contributed by atoms with Crippen LogP contribution in [0.5, 0.6) is 0 Å². The van der Waals surface area contributed by atoms with E-state index >= 15 is 0 Å². The number of ketones is 1. The van der Waals surface area contributed by atoms with Crippen molar-refractivity contribution < 1.29 is 4.79 Å². The van der Waals surface area contributed by atoms with Crippen LogP contribution in [0.3, 0.4) is 0 Å². The van der Waals surface area contributed by atoms with Gasteiger partial charge in [0, 0.05) is 6.20 Å². The highest BCUT2D eigenvalue weighted by Crippen LogP contribution is 2.09. The summed E-state index contributed by atoms with van der Waals surface area (Å²) in [6, 6.07) is 3.88. The molecule has 2 aromatic rings. The Morgan fingerprint density at radius 1 is 1.53 bits per heavy atom. The van der Waals surface area contributed by atoms with E-state index in [1.165, 1.54) is 0 Å². The van der Waals surface area contributed by atoms with Gasteiger partial charge >= 0.3 is 0 Å². The molecule has 0 fully saturated rings. The van der Waals surface area contributed by atoms with Crippen molar-refractivity contribution in [1.82, 2.24) is 9.38 Å². The third-order valence-corrected chi connectivity index (χ3v) is 2.57. The highest BCUT2D eigenvalue weighted by Gasteiger charge is 2.09. The number of aromatic nitrogens is 2. The fourth-order valence-electron chi connectivity index (χ4n) is 1.36. The summed E-state index contributed by atoms with van der Waals surface area (Å²) in [4.78, 5) is 15.6. The molecule has 0 unspecified atom stereocenters. The minimum Gasteiger partial charge on any atom is -0.297 e. The highest BCUT2D eigenvalue weighted by molar-refractivity contribution is 9.09. The molecule has 0 aliphatic heterocycles. The number of pyridine rings is 1. The number of imidazole rings is 1. The van der Waals surface area contributed by atoms with Gasteiger partial charge in [-0.2, -0.15) is 0 Å². The average molecular weight is 334 g/mol. The number of carbonyl (C=O) groups excluding carboxylic acids is 1. The first-order valence-corrected chi connectivity index (χ1v) is 5.37. The Balaban J connectivity index is 0.00000112. The van der Waals surface area contributed by atoms with Crippen LogP contribution in [0.4, 0.5) is 0 Å². The zero-order chi connectivity index (χ0) is 10.1. The number of alkyl halides is 1. The quantitative estimate of drug-likeness (QED) is 0.625. The Morgan fingerprint density at radius 3 is 2.93 bits per heavy atom. The molecule has 5 heteroatoms. The van der Waals surface area contributed by atoms with Crippen molar-refractivity contribution in [2.75, 3.05) is 5.33 Å². The third-order valence-electron chi connectivity index (χ3n) is 2.06. The Kier molecular flexibility index (Phi) is 4.04. The van der Waals surface area contributed by atoms with E-state index in [1.807, 2.05) is 29.7 Å². The number of aryl methyl sites for hydroxylation is 1. The molecule has 0 N–H and O–H groups in total. The summed E-state index contributed by atoms with van der Waals surface area (Å²) in [6.45, 7) is 1.99. The smallest absolute Gasteiger partial charge is 0.191 e. The van der Waals surface area contributed by atoms with Gasteiger partial charge in [0.25, 0.3) is 0 Å². The number of halogens is 2. The molecule has 0 amide bonds. The lowest BCUT2D eigenvalue weighted by Crippen LogP contribution is -2.04. The predicted octanol–water partition coefficient (Wildman–Crippen LogP) is 2.80. The number of hydrogen-bond acceptors (Lipinski definition) is 2. The lowest BCUT2D eigenvalue weighted by atomic mass is 10.3. The average Bonchev–Trinajstić information content (AvgIpc) is 2.59. The summed E-state index contributed by atoms with van der Waals surface area (Å²) >= 11 is 3.15. The molecule has 0 aliphatic rings. The van der Waals surface area contributed by atoms with E-state index < -0.39 is 0 Å². The van der Waals surface area contributed by atoms with E-state index in [4.69, 9.17) is 0 Å². The maximum absolute atomic E-state index is 11.5. The molecule has 0 aliphatic carbocycles. The molecule has 0 radical (unpaired) electrons. The van der Waals surface area contributed by atoms with E-state index in [1.54, 1.807) is 6.20 Å². The highest BCUT2D eigenvalue weighted by atomic mass is 79.9. The predicted molar refractivity (Wildman–Crippen MR) is 68.4 cm³/mol. The van der Waals surface area contributed by atoms with Gasteiger partial charge < -0.3 is 0 Å². The Labute approximate surface area is 106 Å². The van der Waals surface area contributed by atoms with Crippen molar-refractivity contribution in [1.29, 1.82) is 0 Å². The first-order valence-electron chi connectivity index (χ1n) is 4.25. The van der Waals surface area contributed by atoms with Gasteiger partial charge in [-0.25, -0.2) is 4.98 Å². The van der Waals surface area contributed by atoms with Gasteiger partial charge in [-0.1, -0.05) is 22.0 Å². The van der Waals surface area contributed by atoms with Crippen molar-refractivity contribution in [3.8, 4) is 0 Å². The van der Waals surface area contributed by atoms with E-state index in [0.29, 0.717) is 11.0 Å². The van der Waals surface area contributed by atoms with Crippen LogP contribution < -0.4 is 0 Å². The van der Waals surface area contributed by atoms with Crippen molar-refractivity contribution >= 4 is 44.3 Å². The van der Waals surface area contributed by atoms with Crippen molar-refractivity contribution in [3.63, 3.8) is 0 Å². The van der Waals surface area contributed by atoms with Crippen molar-refractivity contribution in [3.05, 3.63) is 35.8 Å². The number of rotatable bonds is 2. The number of Topliss-reactive ketones (excluding diaryl/α,β-unsaturated/α-hetero) is 1. The van der Waals surface area contributed by atoms with Crippen LogP contribution in [-0.4, -0.2) is 20.5 Å². The Hall–Kier alpha value is -0.680. The first-order chi connectivity index (χ1) is 6.72. The molecule has 0 atom stereocenters. The van der Waals surface area contributed by atoms with E-state index in [9.17, 15) is 4.79 Å². The summed E-state index contributed by atoms with van der Waals surface area (Å²) in [5, 5.41) is 0.328. The molecular weight excluding hydrogens is 324 g/mol. The number of hydrogen-bond donors (Lipinski definition) is 0. The minimum atomic E-state index is 0. The van der Waals surface area contributed by atoms with E-state index in [2.05, 4.69) is 20.9 Å². The molecule has 2 rings (SSSR count). The maximum atomic E-state index is 11.5. The number of nitrogens with zero attached hydrogens (tertiary/aromatic N) is 2. The van der Waals surface area contributed by atoms with Gasteiger partial charge in [0.05, 0.1) is 11.5 Å². The van der Waals surface area contributed by atoms with Crippen molar-refractivity contribution in [2.45, 2.75) is 6.92 Å². The first kappa shape index (κ1) is 12.4. The van der Waals surface area contributed by atoms with Gasteiger partial charge in [-0.3, -0.25) is 9.20 Å². The van der Waals surface area contributed by atoms with Gasteiger partial charge in [0.1, 0.15) is 11.3 Å². The second kappa shape index (κ2) is 4.90. The molecule has 2 aromatic heterocycles. The SMILES string of the molecule is Br.Cc1ccc2ncc(C(=O)CBr)n2c1. The zero-order valence-corrected chi connectivity index (χ0v) is 11.4. The van der Waals surface area contributed by atoms with Gasteiger partial charge in [0.15, 0.2) is 5.78 Å². The topological polar surface area (TPSA) is 34.4 Å². The van der Waals surface area contributed by atoms with Gasteiger partial charge in [0.2, 0.25) is 0 Å². The molecule has 80 valence electrons. The lowest BCUT2D eigenvalue weighted by molar-refractivity contribution is 0.101. The minimum absolute atomic E-state index is 0. The molecule has 0 saturated heterocycles. The third kappa shape index (κ3) is 2.29. The van der Waals surface area contributed by atoms with Crippen LogP contribution in [0.1, 0.15) is 16.1 Å². The molecule has 15 heavy (non-hydrogen) atoms. The van der Waals surface area contributed by atoms with E-state index in [0.717, 1.165) is 11.2 Å². The Bertz CT molecular complexity index is 493. The molecule has 0 bridgehead atoms. The summed E-state index contributed by atoms with van der Waals surface area (Å²) < 4.78 is 1.82. The van der Waals surface area contributed by atoms with Crippen LogP contribution in [0.15, 0.2) is 24.5 Å². The Morgan fingerprint density at radius 2 is 2.27 bits per heavy atom. The summed E-state index contributed by atoms with van der Waals surface area (Å²) in [5.74, 6) is 0.0445. The van der Waals surface area contributed by atoms with Gasteiger partial charge in [-0.15, -0.1) is 17.0 Å². The maximum Gasteiger partial charge on any atom is 0.191 e. The number of fused-ring (bicyclic) bond motifs is 1.